The molecule has 20 heavy (non-hydrogen) atoms. The first kappa shape index (κ1) is 19.4. The van der Waals surface area contributed by atoms with E-state index in [9.17, 15) is 4.79 Å². The monoisotopic (exact) mass is 286 g/mol. The lowest BCUT2D eigenvalue weighted by atomic mass is 9.62. The van der Waals surface area contributed by atoms with Crippen LogP contribution in [0.1, 0.15) is 48.0 Å². The van der Waals surface area contributed by atoms with Gasteiger partial charge in [0.1, 0.15) is 0 Å². The molecular weight excluding hydrogens is 252 g/mol. The Kier molecular flexibility index (Phi) is 8.36. The van der Waals surface area contributed by atoms with Crippen molar-refractivity contribution >= 4 is 5.97 Å². The van der Waals surface area contributed by atoms with E-state index in [0.717, 1.165) is 26.1 Å². The van der Waals surface area contributed by atoms with Crippen LogP contribution in [0.4, 0.5) is 0 Å². The van der Waals surface area contributed by atoms with Gasteiger partial charge < -0.3 is 15.4 Å². The quantitative estimate of drug-likeness (QED) is 0.505. The predicted molar refractivity (Wildman–Crippen MR) is 84.8 cm³/mol. The summed E-state index contributed by atoms with van der Waals surface area (Å²) in [5.74, 6) is 0.180. The maximum absolute atomic E-state index is 12.4. The molecule has 1 unspecified atom stereocenters. The van der Waals surface area contributed by atoms with Crippen LogP contribution in [0.25, 0.3) is 0 Å². The predicted octanol–water partition coefficient (Wildman–Crippen LogP) is 2.44. The highest BCUT2D eigenvalue weighted by atomic mass is 16.5. The largest absolute Gasteiger partial charge is 0.465 e. The number of carbonyl (C=O) groups is 1. The highest BCUT2D eigenvalue weighted by Crippen LogP contribution is 2.45. The molecule has 0 saturated heterocycles. The lowest BCUT2D eigenvalue weighted by molar-refractivity contribution is -0.166. The van der Waals surface area contributed by atoms with Crippen molar-refractivity contribution in [2.45, 2.75) is 48.0 Å². The Hall–Kier alpha value is -0.610. The van der Waals surface area contributed by atoms with Gasteiger partial charge in [-0.2, -0.15) is 0 Å². The number of hydrogen-bond donors (Lipinski definition) is 2. The van der Waals surface area contributed by atoms with E-state index in [-0.39, 0.29) is 17.3 Å². The van der Waals surface area contributed by atoms with Crippen molar-refractivity contribution in [2.24, 2.45) is 16.7 Å². The molecule has 0 aliphatic heterocycles. The van der Waals surface area contributed by atoms with E-state index in [2.05, 4.69) is 45.3 Å². The van der Waals surface area contributed by atoms with Crippen LogP contribution in [0.2, 0.25) is 0 Å². The molecule has 0 rings (SSSR count). The third-order valence-corrected chi connectivity index (χ3v) is 4.42. The molecule has 4 nitrogen and oxygen atoms in total. The van der Waals surface area contributed by atoms with E-state index < -0.39 is 5.41 Å². The molecule has 0 aromatic carbocycles. The van der Waals surface area contributed by atoms with Gasteiger partial charge in [0.25, 0.3) is 0 Å². The van der Waals surface area contributed by atoms with Crippen molar-refractivity contribution in [1.82, 2.24) is 10.6 Å². The van der Waals surface area contributed by atoms with Gasteiger partial charge in [-0.1, -0.05) is 34.6 Å². The van der Waals surface area contributed by atoms with Crippen LogP contribution in [0.5, 0.6) is 0 Å². The van der Waals surface area contributed by atoms with Crippen LogP contribution in [0, 0.1) is 16.7 Å². The summed E-state index contributed by atoms with van der Waals surface area (Å²) in [5, 5.41) is 6.38. The maximum atomic E-state index is 12.4. The number of hydrogen-bond acceptors (Lipinski definition) is 4. The number of nitrogens with one attached hydrogen (secondary N) is 2. The Morgan fingerprint density at radius 2 is 1.70 bits per heavy atom. The van der Waals surface area contributed by atoms with Crippen LogP contribution in [-0.2, 0) is 9.53 Å². The summed E-state index contributed by atoms with van der Waals surface area (Å²) < 4.78 is 5.51. The van der Waals surface area contributed by atoms with E-state index in [4.69, 9.17) is 4.74 Å². The standard InChI is InChI=1S/C16H34N2O2/c1-13(2)16(6,15(3,4)5)14(19)20-12-8-9-18-11-10-17-7/h13,17-18H,8-12H2,1-7H3. The van der Waals surface area contributed by atoms with Gasteiger partial charge in [0.15, 0.2) is 0 Å². The van der Waals surface area contributed by atoms with Crippen molar-refractivity contribution in [3.63, 3.8) is 0 Å². The molecule has 120 valence electrons. The molecule has 0 bridgehead atoms. The highest BCUT2D eigenvalue weighted by Gasteiger charge is 2.47. The average molecular weight is 286 g/mol. The third kappa shape index (κ3) is 5.41. The Labute approximate surface area is 125 Å². The number of likely N-dealkylation sites (N-methyl/N-ethyl adjacent to an activating group) is 1. The Morgan fingerprint density at radius 1 is 1.10 bits per heavy atom. The SMILES string of the molecule is CNCCNCCCOC(=O)C(C)(C(C)C)C(C)(C)C. The second-order valence-corrected chi connectivity index (χ2v) is 6.95. The average Bonchev–Trinajstić information content (AvgIpc) is 2.34. The van der Waals surface area contributed by atoms with Gasteiger partial charge in [-0.25, -0.2) is 0 Å². The smallest absolute Gasteiger partial charge is 0.312 e. The van der Waals surface area contributed by atoms with Gasteiger partial charge in [-0.3, -0.25) is 4.79 Å². The van der Waals surface area contributed by atoms with Crippen molar-refractivity contribution in [3.05, 3.63) is 0 Å². The first-order valence-electron chi connectivity index (χ1n) is 7.70. The lowest BCUT2D eigenvalue weighted by Gasteiger charge is -2.42. The minimum Gasteiger partial charge on any atom is -0.465 e. The summed E-state index contributed by atoms with van der Waals surface area (Å²) in [6, 6.07) is 0. The zero-order valence-corrected chi connectivity index (χ0v) is 14.4. The second-order valence-electron chi connectivity index (χ2n) is 6.95. The number of carbonyl (C=O) groups excluding carboxylic acids is 1. The molecular formula is C16H34N2O2. The van der Waals surface area contributed by atoms with Gasteiger partial charge in [0.05, 0.1) is 12.0 Å². The maximum Gasteiger partial charge on any atom is 0.312 e. The molecule has 0 saturated carbocycles. The first-order chi connectivity index (χ1) is 9.17. The third-order valence-electron chi connectivity index (χ3n) is 4.42. The molecule has 4 heteroatoms. The minimum atomic E-state index is -0.452. The van der Waals surface area contributed by atoms with Crippen LogP contribution >= 0.6 is 0 Å². The molecule has 0 aromatic rings. The van der Waals surface area contributed by atoms with Gasteiger partial charge in [-0.05, 0) is 38.3 Å². The molecule has 0 aliphatic carbocycles. The molecule has 0 aliphatic rings. The Morgan fingerprint density at radius 3 is 2.15 bits per heavy atom. The Bertz CT molecular complexity index is 285. The summed E-state index contributed by atoms with van der Waals surface area (Å²) >= 11 is 0. The zero-order valence-electron chi connectivity index (χ0n) is 14.4. The van der Waals surface area contributed by atoms with E-state index >= 15 is 0 Å². The molecule has 0 radical (unpaired) electrons. The summed E-state index contributed by atoms with van der Waals surface area (Å²) in [6.45, 7) is 15.8. The number of rotatable bonds is 9. The molecule has 0 amide bonds. The lowest BCUT2D eigenvalue weighted by Crippen LogP contribution is -2.45. The highest BCUT2D eigenvalue weighted by molar-refractivity contribution is 5.77. The molecule has 0 heterocycles. The summed E-state index contributed by atoms with van der Waals surface area (Å²) in [6.07, 6.45) is 0.855. The first-order valence-corrected chi connectivity index (χ1v) is 7.70. The molecule has 0 spiro atoms. The summed E-state index contributed by atoms with van der Waals surface area (Å²) in [7, 11) is 1.93. The molecule has 0 aromatic heterocycles. The van der Waals surface area contributed by atoms with Crippen LogP contribution < -0.4 is 10.6 Å². The van der Waals surface area contributed by atoms with E-state index in [0.29, 0.717) is 6.61 Å². The molecule has 0 fully saturated rings. The Balaban J connectivity index is 4.18. The summed E-state index contributed by atoms with van der Waals surface area (Å²) in [5.41, 5.74) is -0.560. The molecule has 2 N–H and O–H groups in total. The van der Waals surface area contributed by atoms with Crippen LogP contribution in [-0.4, -0.2) is 39.3 Å². The minimum absolute atomic E-state index is 0.0739. The second kappa shape index (κ2) is 8.63. The van der Waals surface area contributed by atoms with Crippen molar-refractivity contribution < 1.29 is 9.53 Å². The van der Waals surface area contributed by atoms with E-state index in [1.807, 2.05) is 14.0 Å². The molecule has 1 atom stereocenters. The fourth-order valence-corrected chi connectivity index (χ4v) is 2.26. The number of esters is 1. The number of ether oxygens (including phenoxy) is 1. The van der Waals surface area contributed by atoms with Gasteiger partial charge >= 0.3 is 5.97 Å². The van der Waals surface area contributed by atoms with Crippen molar-refractivity contribution in [3.8, 4) is 0 Å². The summed E-state index contributed by atoms with van der Waals surface area (Å²) in [4.78, 5) is 12.4. The topological polar surface area (TPSA) is 50.4 Å². The van der Waals surface area contributed by atoms with Gasteiger partial charge in [0, 0.05) is 13.1 Å². The van der Waals surface area contributed by atoms with Gasteiger partial charge in [-0.15, -0.1) is 0 Å². The normalized spacial score (nSPS) is 15.2. The van der Waals surface area contributed by atoms with E-state index in [1.165, 1.54) is 0 Å². The van der Waals surface area contributed by atoms with Crippen LogP contribution in [0.3, 0.4) is 0 Å². The van der Waals surface area contributed by atoms with Gasteiger partial charge in [0.2, 0.25) is 0 Å². The zero-order chi connectivity index (χ0) is 15.8. The fraction of sp³-hybridized carbons (Fsp3) is 0.938. The van der Waals surface area contributed by atoms with Crippen molar-refractivity contribution in [1.29, 1.82) is 0 Å². The van der Waals surface area contributed by atoms with Crippen LogP contribution in [0.15, 0.2) is 0 Å². The van der Waals surface area contributed by atoms with E-state index in [1.54, 1.807) is 0 Å². The van der Waals surface area contributed by atoms with Crippen molar-refractivity contribution in [2.75, 3.05) is 33.3 Å². The fourth-order valence-electron chi connectivity index (χ4n) is 2.26.